The molecule has 0 aliphatic heterocycles. The molecule has 0 unspecified atom stereocenters. The van der Waals surface area contributed by atoms with E-state index in [0.717, 1.165) is 0 Å². The maximum atomic E-state index is 13.2. The Morgan fingerprint density at radius 3 is 2.23 bits per heavy atom. The van der Waals surface area contributed by atoms with Crippen LogP contribution in [0, 0.1) is 16.0 Å². The van der Waals surface area contributed by atoms with E-state index in [4.69, 9.17) is 20.6 Å². The Bertz CT molecular complexity index is 1090. The predicted molar refractivity (Wildman–Crippen MR) is 152 cm³/mol. The first kappa shape index (κ1) is 34.3. The van der Waals surface area contributed by atoms with Gasteiger partial charge in [0, 0.05) is 18.3 Å². The summed E-state index contributed by atoms with van der Waals surface area (Å²) in [4.78, 5) is 59.5. The van der Waals surface area contributed by atoms with Crippen molar-refractivity contribution in [3.8, 4) is 0 Å². The number of nitro groups is 1. The third kappa shape index (κ3) is 10.8. The summed E-state index contributed by atoms with van der Waals surface area (Å²) >= 11 is 0. The summed E-state index contributed by atoms with van der Waals surface area (Å²) in [7, 11) is -2.17. The van der Waals surface area contributed by atoms with Crippen molar-refractivity contribution in [1.82, 2.24) is 10.6 Å². The first-order valence-corrected chi connectivity index (χ1v) is 15.8. The van der Waals surface area contributed by atoms with Crippen LogP contribution in [0.1, 0.15) is 53.0 Å². The number of carbonyl (C=O) groups excluding carboxylic acids is 4. The molecule has 0 saturated heterocycles. The van der Waals surface area contributed by atoms with Crippen molar-refractivity contribution < 1.29 is 33.3 Å². The van der Waals surface area contributed by atoms with Crippen LogP contribution in [0.3, 0.4) is 0 Å². The monoisotopic (exact) mass is 582 g/mol. The van der Waals surface area contributed by atoms with Crippen molar-refractivity contribution in [2.45, 2.75) is 84.3 Å². The fraction of sp³-hybridized carbons (Fsp3) is 0.600. The van der Waals surface area contributed by atoms with Gasteiger partial charge in [-0.3, -0.25) is 19.7 Å². The van der Waals surface area contributed by atoms with Crippen LogP contribution in [-0.2, 0) is 25.4 Å². The van der Waals surface area contributed by atoms with E-state index in [0.29, 0.717) is 5.56 Å². The minimum absolute atomic E-state index is 0.0447. The molecule has 1 aromatic rings. The first-order valence-electron chi connectivity index (χ1n) is 12.9. The number of hydrogen-bond acceptors (Lipinski definition) is 8. The van der Waals surface area contributed by atoms with E-state index >= 15 is 0 Å². The minimum Gasteiger partial charge on any atom is -0.436 e. The number of primary amides is 2. The number of carbonyl (C=O) groups is 4. The molecule has 0 fully saturated rings. The molecule has 2 atom stereocenters. The lowest BCUT2D eigenvalue weighted by Gasteiger charge is -2.36. The second kappa shape index (κ2) is 14.6. The van der Waals surface area contributed by atoms with Crippen LogP contribution in [0.15, 0.2) is 18.2 Å². The molecule has 0 bridgehead atoms. The summed E-state index contributed by atoms with van der Waals surface area (Å²) in [6.45, 7) is 13.7. The number of nitro benzene ring substituents is 1. The zero-order chi connectivity index (χ0) is 30.8. The van der Waals surface area contributed by atoms with Crippen LogP contribution in [-0.4, -0.2) is 55.9 Å². The summed E-state index contributed by atoms with van der Waals surface area (Å²) in [6.07, 6.45) is -2.07. The van der Waals surface area contributed by atoms with Gasteiger partial charge in [0.05, 0.1) is 17.1 Å². The fourth-order valence-corrected chi connectivity index (χ4v) is 4.24. The summed E-state index contributed by atoms with van der Waals surface area (Å²) in [5, 5.41) is 19.2. The van der Waals surface area contributed by atoms with Crippen LogP contribution >= 0.6 is 0 Å². The summed E-state index contributed by atoms with van der Waals surface area (Å²) < 4.78 is 11.0. The molecule has 0 spiro atoms. The van der Waals surface area contributed by atoms with E-state index in [9.17, 15) is 29.3 Å². The van der Waals surface area contributed by atoms with Gasteiger partial charge in [0.2, 0.25) is 5.91 Å². The summed E-state index contributed by atoms with van der Waals surface area (Å²) in [5.41, 5.74) is 10.4. The maximum absolute atomic E-state index is 13.2. The van der Waals surface area contributed by atoms with Crippen molar-refractivity contribution in [3.05, 3.63) is 33.9 Å². The van der Waals surface area contributed by atoms with Gasteiger partial charge in [-0.25, -0.2) is 9.59 Å². The minimum atomic E-state index is -2.17. The Balaban J connectivity index is 3.15. The van der Waals surface area contributed by atoms with E-state index in [1.54, 1.807) is 13.8 Å². The largest absolute Gasteiger partial charge is 0.436 e. The summed E-state index contributed by atoms with van der Waals surface area (Å²) in [5.74, 6) is -1.87. The number of nitrogens with two attached hydrogens (primary N) is 2. The molecule has 0 heterocycles. The van der Waals surface area contributed by atoms with Crippen molar-refractivity contribution >= 4 is 43.6 Å². The van der Waals surface area contributed by atoms with Crippen molar-refractivity contribution in [3.63, 3.8) is 0 Å². The number of hydrogen-bond donors (Lipinski definition) is 5. The lowest BCUT2D eigenvalue weighted by atomic mass is 10.0. The van der Waals surface area contributed by atoms with Crippen LogP contribution in [0.2, 0.25) is 18.1 Å². The summed E-state index contributed by atoms with van der Waals surface area (Å²) in [6, 6.07) is 2.37. The fourth-order valence-electron chi connectivity index (χ4n) is 3.30. The Morgan fingerprint density at radius 2 is 1.73 bits per heavy atom. The van der Waals surface area contributed by atoms with Crippen molar-refractivity contribution in [2.24, 2.45) is 17.4 Å². The molecule has 1 aromatic carbocycles. The smallest absolute Gasteiger partial charge is 0.405 e. The van der Waals surface area contributed by atoms with Crippen LogP contribution in [0.4, 0.5) is 21.0 Å². The highest BCUT2D eigenvalue weighted by molar-refractivity contribution is 6.74. The molecule has 0 radical (unpaired) electrons. The molecule has 1 rings (SSSR count). The number of amides is 5. The molecule has 0 aliphatic carbocycles. The van der Waals surface area contributed by atoms with Gasteiger partial charge in [0.1, 0.15) is 6.04 Å². The van der Waals surface area contributed by atoms with Gasteiger partial charge < -0.3 is 36.6 Å². The van der Waals surface area contributed by atoms with E-state index < -0.39 is 55.2 Å². The predicted octanol–water partition coefficient (Wildman–Crippen LogP) is 3.11. The first-order chi connectivity index (χ1) is 18.4. The normalized spacial score (nSPS) is 13.2. The average Bonchev–Trinajstić information content (AvgIpc) is 2.82. The molecule has 14 nitrogen and oxygen atoms in total. The SMILES string of the molecule is CC(C)[C@H](OC(N)=O)C(=O)N[C@@H](CCCNC(N)=O)C(=O)Nc1ccc(CO[Si](C)(C)C(C)(C)C)c([N+](=O)[O-])c1. The lowest BCUT2D eigenvalue weighted by Crippen LogP contribution is -2.50. The zero-order valence-electron chi connectivity index (χ0n) is 24.2. The second-order valence-electron chi connectivity index (χ2n) is 11.2. The number of nitrogens with zero attached hydrogens (tertiary/aromatic N) is 1. The highest BCUT2D eigenvalue weighted by atomic mass is 28.4. The molecular formula is C25H42N6O8Si. The number of ether oxygens (including phenoxy) is 1. The van der Waals surface area contributed by atoms with Crippen molar-refractivity contribution in [2.75, 3.05) is 11.9 Å². The molecule has 0 saturated carbocycles. The maximum Gasteiger partial charge on any atom is 0.405 e. The van der Waals surface area contributed by atoms with E-state index in [-0.39, 0.29) is 42.4 Å². The van der Waals surface area contributed by atoms with Gasteiger partial charge in [0.15, 0.2) is 14.4 Å². The molecular weight excluding hydrogens is 540 g/mol. The van der Waals surface area contributed by atoms with Gasteiger partial charge in [-0.05, 0) is 49.0 Å². The Morgan fingerprint density at radius 1 is 1.10 bits per heavy atom. The van der Waals surface area contributed by atoms with Crippen LogP contribution < -0.4 is 27.4 Å². The van der Waals surface area contributed by atoms with Gasteiger partial charge in [-0.15, -0.1) is 0 Å². The molecule has 15 heteroatoms. The molecule has 7 N–H and O–H groups in total. The highest BCUT2D eigenvalue weighted by Crippen LogP contribution is 2.37. The third-order valence-corrected chi connectivity index (χ3v) is 11.1. The average molecular weight is 583 g/mol. The van der Waals surface area contributed by atoms with Gasteiger partial charge in [0.25, 0.3) is 11.6 Å². The topological polar surface area (TPSA) is 218 Å². The third-order valence-electron chi connectivity index (χ3n) is 6.65. The van der Waals surface area contributed by atoms with E-state index in [1.165, 1.54) is 18.2 Å². The molecule has 5 amide bonds. The molecule has 40 heavy (non-hydrogen) atoms. The number of benzene rings is 1. The van der Waals surface area contributed by atoms with Crippen LogP contribution in [0.25, 0.3) is 0 Å². The van der Waals surface area contributed by atoms with Crippen molar-refractivity contribution in [1.29, 1.82) is 0 Å². The number of nitrogens with one attached hydrogen (secondary N) is 3. The molecule has 0 aromatic heterocycles. The second-order valence-corrected chi connectivity index (χ2v) is 16.0. The van der Waals surface area contributed by atoms with Gasteiger partial charge in [-0.2, -0.15) is 0 Å². The highest BCUT2D eigenvalue weighted by Gasteiger charge is 2.37. The van der Waals surface area contributed by atoms with Gasteiger partial charge >= 0.3 is 12.1 Å². The van der Waals surface area contributed by atoms with Gasteiger partial charge in [-0.1, -0.05) is 34.6 Å². The molecule has 0 aliphatic rings. The number of rotatable bonds is 14. The Kier molecular flexibility index (Phi) is 12.5. The Hall–Kier alpha value is -3.72. The zero-order valence-corrected chi connectivity index (χ0v) is 25.2. The quantitative estimate of drug-likeness (QED) is 0.0947. The number of anilines is 1. The molecule has 224 valence electrons. The lowest BCUT2D eigenvalue weighted by molar-refractivity contribution is -0.385. The van der Waals surface area contributed by atoms with E-state index in [1.807, 2.05) is 13.1 Å². The Labute approximate surface area is 235 Å². The number of urea groups is 1. The van der Waals surface area contributed by atoms with E-state index in [2.05, 4.69) is 36.7 Å². The van der Waals surface area contributed by atoms with Crippen LogP contribution in [0.5, 0.6) is 0 Å². The standard InChI is InChI=1S/C25H42N6O8Si/c1-15(2)20(39-24(27)35)22(33)30-18(9-8-12-28-23(26)34)21(32)29-17-11-10-16(19(13-17)31(36)37)14-38-40(6,7)25(3,4)5/h10-11,13,15,18,20H,8-9,12,14H2,1-7H3,(H2,27,35)(H,29,32)(H,30,33)(H3,26,28,34)/t18-,20-/m0/s1.